The number of guanidine groups is 1. The van der Waals surface area contributed by atoms with Crippen LogP contribution in [0.4, 0.5) is 8.78 Å². The highest BCUT2D eigenvalue weighted by Gasteiger charge is 2.11. The van der Waals surface area contributed by atoms with E-state index in [0.29, 0.717) is 35.4 Å². The number of alkyl halides is 2. The number of nitrogens with zero attached hydrogens (tertiary/aromatic N) is 1. The van der Waals surface area contributed by atoms with Crippen molar-refractivity contribution in [1.29, 1.82) is 0 Å². The summed E-state index contributed by atoms with van der Waals surface area (Å²) in [4.78, 5) is 5.14. The Morgan fingerprint density at radius 1 is 1.21 bits per heavy atom. The number of hydrogen-bond acceptors (Lipinski definition) is 3. The first kappa shape index (κ1) is 22.1. The summed E-state index contributed by atoms with van der Waals surface area (Å²) >= 11 is 5.95. The number of ether oxygens (including phenoxy) is 1. The number of halogens is 3. The summed E-state index contributed by atoms with van der Waals surface area (Å²) in [6.07, 6.45) is 0. The van der Waals surface area contributed by atoms with E-state index in [1.807, 2.05) is 37.3 Å². The molecule has 28 heavy (non-hydrogen) atoms. The molecule has 0 saturated carbocycles. The van der Waals surface area contributed by atoms with Gasteiger partial charge in [-0.3, -0.25) is 4.21 Å². The van der Waals surface area contributed by atoms with Gasteiger partial charge in [-0.05, 0) is 37.3 Å². The van der Waals surface area contributed by atoms with Crippen LogP contribution in [0.15, 0.2) is 58.4 Å². The van der Waals surface area contributed by atoms with Gasteiger partial charge in [0, 0.05) is 34.3 Å². The number of hydrogen-bond donors (Lipinski definition) is 2. The van der Waals surface area contributed by atoms with E-state index in [-0.39, 0.29) is 12.3 Å². The van der Waals surface area contributed by atoms with Crippen LogP contribution < -0.4 is 15.4 Å². The minimum absolute atomic E-state index is 0.0316. The van der Waals surface area contributed by atoms with Gasteiger partial charge < -0.3 is 15.4 Å². The molecule has 0 aromatic heterocycles. The maximum Gasteiger partial charge on any atom is 0.387 e. The Labute approximate surface area is 170 Å². The molecule has 0 heterocycles. The lowest BCUT2D eigenvalue weighted by Crippen LogP contribution is -2.39. The molecule has 2 rings (SSSR count). The van der Waals surface area contributed by atoms with Crippen LogP contribution in [-0.2, 0) is 17.3 Å². The predicted octanol–water partition coefficient (Wildman–Crippen LogP) is 3.80. The van der Waals surface area contributed by atoms with E-state index in [0.717, 1.165) is 4.90 Å². The molecule has 1 unspecified atom stereocenters. The molecule has 0 radical (unpaired) electrons. The molecule has 152 valence electrons. The molecule has 0 aliphatic carbocycles. The Hall–Kier alpha value is -2.19. The van der Waals surface area contributed by atoms with Crippen molar-refractivity contribution in [3.05, 3.63) is 59.1 Å². The second kappa shape index (κ2) is 11.6. The summed E-state index contributed by atoms with van der Waals surface area (Å²) in [7, 11) is -1.12. The van der Waals surface area contributed by atoms with Crippen molar-refractivity contribution in [2.24, 2.45) is 4.99 Å². The largest absolute Gasteiger partial charge is 0.434 e. The second-order valence-electron chi connectivity index (χ2n) is 5.62. The standard InChI is InChI=1S/C19H22ClF2N3O2S/c1-2-23-19(24-10-11-28(26)16-6-4-3-5-7-16)25-13-14-12-15(20)8-9-17(14)27-18(21)22/h3-9,12,18H,2,10-11,13H2,1H3,(H2,23,24,25). The van der Waals surface area contributed by atoms with Crippen LogP contribution >= 0.6 is 11.6 Å². The molecule has 0 aliphatic rings. The van der Waals surface area contributed by atoms with E-state index < -0.39 is 17.4 Å². The monoisotopic (exact) mass is 429 g/mol. The van der Waals surface area contributed by atoms with Crippen molar-refractivity contribution in [3.63, 3.8) is 0 Å². The van der Waals surface area contributed by atoms with Gasteiger partial charge in [0.1, 0.15) is 5.75 Å². The third kappa shape index (κ3) is 7.44. The molecule has 0 spiro atoms. The molecule has 0 saturated heterocycles. The molecule has 2 aromatic rings. The van der Waals surface area contributed by atoms with Crippen LogP contribution in [0.3, 0.4) is 0 Å². The molecule has 0 bridgehead atoms. The van der Waals surface area contributed by atoms with Crippen molar-refractivity contribution in [1.82, 2.24) is 10.6 Å². The molecule has 1 atom stereocenters. The van der Waals surface area contributed by atoms with Gasteiger partial charge in [-0.15, -0.1) is 0 Å². The van der Waals surface area contributed by atoms with Crippen molar-refractivity contribution in [2.45, 2.75) is 25.0 Å². The molecule has 0 amide bonds. The molecular formula is C19H22ClF2N3O2S. The summed E-state index contributed by atoms with van der Waals surface area (Å²) in [5, 5.41) is 6.56. The lowest BCUT2D eigenvalue weighted by atomic mass is 10.2. The average Bonchev–Trinajstić information content (AvgIpc) is 2.68. The zero-order chi connectivity index (χ0) is 20.4. The minimum atomic E-state index is -2.93. The average molecular weight is 430 g/mol. The fraction of sp³-hybridized carbons (Fsp3) is 0.316. The summed E-state index contributed by atoms with van der Waals surface area (Å²) in [6, 6.07) is 13.6. The lowest BCUT2D eigenvalue weighted by molar-refractivity contribution is -0.0504. The maximum absolute atomic E-state index is 12.6. The van der Waals surface area contributed by atoms with Gasteiger partial charge >= 0.3 is 6.61 Å². The van der Waals surface area contributed by atoms with Crippen LogP contribution in [0, 0.1) is 0 Å². The predicted molar refractivity (Wildman–Crippen MR) is 109 cm³/mol. The van der Waals surface area contributed by atoms with Crippen LogP contribution in [0.1, 0.15) is 12.5 Å². The van der Waals surface area contributed by atoms with E-state index >= 15 is 0 Å². The van der Waals surface area contributed by atoms with Gasteiger partial charge in [-0.2, -0.15) is 8.78 Å². The first-order chi connectivity index (χ1) is 13.5. The minimum Gasteiger partial charge on any atom is -0.434 e. The zero-order valence-electron chi connectivity index (χ0n) is 15.3. The summed E-state index contributed by atoms with van der Waals surface area (Å²) in [6.45, 7) is 0.125. The second-order valence-corrected chi connectivity index (χ2v) is 7.62. The van der Waals surface area contributed by atoms with Crippen LogP contribution in [-0.4, -0.2) is 35.6 Å². The Morgan fingerprint density at radius 2 is 1.96 bits per heavy atom. The summed E-state index contributed by atoms with van der Waals surface area (Å²) < 4.78 is 41.9. The molecule has 2 N–H and O–H groups in total. The molecule has 2 aromatic carbocycles. The number of aliphatic imine (C=N–C) groups is 1. The SMILES string of the molecule is CCNC(=NCc1cc(Cl)ccc1OC(F)F)NCCS(=O)c1ccccc1. The smallest absolute Gasteiger partial charge is 0.387 e. The molecule has 9 heteroatoms. The quantitative estimate of drug-likeness (QED) is 0.470. The number of nitrogens with one attached hydrogen (secondary N) is 2. The van der Waals surface area contributed by atoms with Crippen LogP contribution in [0.2, 0.25) is 5.02 Å². The van der Waals surface area contributed by atoms with E-state index in [1.54, 1.807) is 0 Å². The van der Waals surface area contributed by atoms with Gasteiger partial charge in [0.25, 0.3) is 0 Å². The van der Waals surface area contributed by atoms with E-state index in [1.165, 1.54) is 18.2 Å². The normalized spacial score (nSPS) is 12.7. The van der Waals surface area contributed by atoms with Gasteiger partial charge in [-0.25, -0.2) is 4.99 Å². The van der Waals surface area contributed by atoms with Gasteiger partial charge in [0.15, 0.2) is 5.96 Å². The third-order valence-electron chi connectivity index (χ3n) is 3.58. The topological polar surface area (TPSA) is 62.7 Å². The van der Waals surface area contributed by atoms with Gasteiger partial charge in [0.05, 0.1) is 17.3 Å². The van der Waals surface area contributed by atoms with Crippen LogP contribution in [0.5, 0.6) is 5.75 Å². The van der Waals surface area contributed by atoms with Gasteiger partial charge in [0.2, 0.25) is 0 Å². The number of benzene rings is 2. The lowest BCUT2D eigenvalue weighted by Gasteiger charge is -2.13. The first-order valence-corrected chi connectivity index (χ1v) is 10.4. The molecular weight excluding hydrogens is 408 g/mol. The van der Waals surface area contributed by atoms with E-state index in [9.17, 15) is 13.0 Å². The van der Waals surface area contributed by atoms with Crippen molar-refractivity contribution in [3.8, 4) is 5.75 Å². The molecule has 0 aliphatic heterocycles. The Bertz CT molecular complexity index is 807. The Morgan fingerprint density at radius 3 is 2.64 bits per heavy atom. The first-order valence-electron chi connectivity index (χ1n) is 8.68. The highest BCUT2D eigenvalue weighted by atomic mass is 35.5. The van der Waals surface area contributed by atoms with Crippen LogP contribution in [0.25, 0.3) is 0 Å². The van der Waals surface area contributed by atoms with E-state index in [4.69, 9.17) is 11.6 Å². The fourth-order valence-corrected chi connectivity index (χ4v) is 3.52. The highest BCUT2D eigenvalue weighted by molar-refractivity contribution is 7.85. The fourth-order valence-electron chi connectivity index (χ4n) is 2.34. The molecule has 0 fully saturated rings. The van der Waals surface area contributed by atoms with Crippen molar-refractivity contribution in [2.75, 3.05) is 18.8 Å². The maximum atomic E-state index is 12.6. The van der Waals surface area contributed by atoms with Crippen molar-refractivity contribution >= 4 is 28.4 Å². The third-order valence-corrected chi connectivity index (χ3v) is 5.18. The summed E-state index contributed by atoms with van der Waals surface area (Å²) in [5.41, 5.74) is 0.442. The summed E-state index contributed by atoms with van der Waals surface area (Å²) in [5.74, 6) is 0.922. The Kier molecular flexibility index (Phi) is 9.16. The molecule has 5 nitrogen and oxygen atoms in total. The highest BCUT2D eigenvalue weighted by Crippen LogP contribution is 2.25. The van der Waals surface area contributed by atoms with Crippen molar-refractivity contribution < 1.29 is 17.7 Å². The van der Waals surface area contributed by atoms with E-state index in [2.05, 4.69) is 20.4 Å². The zero-order valence-corrected chi connectivity index (χ0v) is 16.9. The Balaban J connectivity index is 1.98. The van der Waals surface area contributed by atoms with Gasteiger partial charge in [-0.1, -0.05) is 29.8 Å². The number of rotatable bonds is 9.